The summed E-state index contributed by atoms with van der Waals surface area (Å²) in [5.74, 6) is 0.531. The number of piperidine rings is 3. The fourth-order valence-electron chi connectivity index (χ4n) is 3.72. The van der Waals surface area contributed by atoms with Crippen LogP contribution in [0.2, 0.25) is 0 Å². The quantitative estimate of drug-likeness (QED) is 0.842. The molecule has 0 saturated carbocycles. The van der Waals surface area contributed by atoms with Gasteiger partial charge in [-0.15, -0.1) is 11.3 Å². The molecule has 1 amide bonds. The fraction of sp³-hybridized carbons (Fsp3) is 0.421. The Hall–Kier alpha value is -1.85. The number of anilines is 1. The van der Waals surface area contributed by atoms with Crippen LogP contribution < -0.4 is 4.90 Å². The van der Waals surface area contributed by atoms with E-state index in [1.54, 1.807) is 23.3 Å². The fourth-order valence-corrected chi connectivity index (χ4v) is 4.65. The highest BCUT2D eigenvalue weighted by molar-refractivity contribution is 7.14. The van der Waals surface area contributed by atoms with Gasteiger partial charge in [0.2, 0.25) is 0 Å². The number of hydrogen-bond donors (Lipinski definition) is 0. The van der Waals surface area contributed by atoms with Crippen molar-refractivity contribution in [3.63, 3.8) is 0 Å². The van der Waals surface area contributed by atoms with E-state index in [-0.39, 0.29) is 12.2 Å². The van der Waals surface area contributed by atoms with Crippen LogP contribution in [0.4, 0.5) is 10.5 Å². The highest BCUT2D eigenvalue weighted by Gasteiger charge is 2.37. The van der Waals surface area contributed by atoms with E-state index in [9.17, 15) is 4.79 Å². The van der Waals surface area contributed by atoms with Crippen molar-refractivity contribution in [2.75, 3.05) is 31.6 Å². The number of hydrogen-bond acceptors (Lipinski definition) is 4. The smallest absolute Gasteiger partial charge is 0.414 e. The van der Waals surface area contributed by atoms with Crippen LogP contribution in [0.1, 0.15) is 12.8 Å². The lowest BCUT2D eigenvalue weighted by Gasteiger charge is -2.44. The molecule has 2 aromatic rings. The predicted octanol–water partition coefficient (Wildman–Crippen LogP) is 4.08. The van der Waals surface area contributed by atoms with Crippen LogP contribution in [0.3, 0.4) is 0 Å². The van der Waals surface area contributed by atoms with E-state index in [0.29, 0.717) is 5.92 Å². The molecule has 0 aliphatic carbocycles. The van der Waals surface area contributed by atoms with Crippen LogP contribution in [0.5, 0.6) is 0 Å². The lowest BCUT2D eigenvalue weighted by atomic mass is 9.86. The van der Waals surface area contributed by atoms with Gasteiger partial charge in [0.1, 0.15) is 6.10 Å². The molecule has 5 rings (SSSR count). The minimum absolute atomic E-state index is 0.0428. The third-order valence-electron chi connectivity index (χ3n) is 5.16. The number of ether oxygens (including phenoxy) is 1. The molecule has 0 radical (unpaired) electrons. The number of nitrogens with zero attached hydrogens (tertiary/aromatic N) is 2. The summed E-state index contributed by atoms with van der Waals surface area (Å²) in [6.07, 6.45) is 2.09. The van der Waals surface area contributed by atoms with Crippen molar-refractivity contribution in [1.82, 2.24) is 4.90 Å². The standard InChI is InChI=1S/C19H22N2O2S/c1-20(16-9-12-24-18(16)15-5-3-2-4-6-15)19(22)23-17-13-21-10-7-14(17)8-11-21/h2-6,9,12,14,17H,7-8,10-11,13H2,1H3/t17-/m0/s1. The summed E-state index contributed by atoms with van der Waals surface area (Å²) in [5, 5.41) is 2.02. The van der Waals surface area contributed by atoms with Crippen LogP contribution in [0, 0.1) is 5.92 Å². The van der Waals surface area contributed by atoms with Gasteiger partial charge in [0.05, 0.1) is 10.6 Å². The normalized spacial score (nSPS) is 25.5. The molecular formula is C19H22N2O2S. The first-order valence-electron chi connectivity index (χ1n) is 8.52. The topological polar surface area (TPSA) is 32.8 Å². The summed E-state index contributed by atoms with van der Waals surface area (Å²) >= 11 is 1.65. The molecule has 24 heavy (non-hydrogen) atoms. The van der Waals surface area contributed by atoms with E-state index in [1.807, 2.05) is 29.6 Å². The number of amides is 1. The zero-order valence-electron chi connectivity index (χ0n) is 13.9. The SMILES string of the molecule is CN(C(=O)O[C@H]1CN2CCC1CC2)c1ccsc1-c1ccccc1. The second-order valence-corrected chi connectivity index (χ2v) is 7.54. The molecule has 5 heteroatoms. The Kier molecular flexibility index (Phi) is 4.29. The molecule has 0 N–H and O–H groups in total. The highest BCUT2D eigenvalue weighted by Crippen LogP contribution is 2.36. The Morgan fingerprint density at radius 3 is 2.62 bits per heavy atom. The molecule has 3 saturated heterocycles. The van der Waals surface area contributed by atoms with Gasteiger partial charge in [0.25, 0.3) is 0 Å². The molecule has 126 valence electrons. The van der Waals surface area contributed by atoms with Crippen LogP contribution in [-0.4, -0.2) is 43.8 Å². The van der Waals surface area contributed by atoms with Gasteiger partial charge in [-0.05, 0) is 48.9 Å². The zero-order valence-corrected chi connectivity index (χ0v) is 14.7. The number of benzene rings is 1. The van der Waals surface area contributed by atoms with Gasteiger partial charge >= 0.3 is 6.09 Å². The molecule has 3 aliphatic rings. The molecule has 1 aromatic carbocycles. The van der Waals surface area contributed by atoms with Gasteiger partial charge in [-0.3, -0.25) is 9.80 Å². The molecule has 1 atom stereocenters. The molecule has 0 spiro atoms. The number of fused-ring (bicyclic) bond motifs is 3. The van der Waals surface area contributed by atoms with Crippen LogP contribution >= 0.6 is 11.3 Å². The van der Waals surface area contributed by atoms with Crippen molar-refractivity contribution in [2.45, 2.75) is 18.9 Å². The largest absolute Gasteiger partial charge is 0.444 e. The lowest BCUT2D eigenvalue weighted by Crippen LogP contribution is -2.52. The molecule has 4 nitrogen and oxygen atoms in total. The Balaban J connectivity index is 1.49. The van der Waals surface area contributed by atoms with Gasteiger partial charge in [-0.25, -0.2) is 4.79 Å². The zero-order chi connectivity index (χ0) is 16.5. The Bertz CT molecular complexity index is 707. The maximum Gasteiger partial charge on any atom is 0.414 e. The summed E-state index contributed by atoms with van der Waals surface area (Å²) in [5.41, 5.74) is 2.04. The summed E-state index contributed by atoms with van der Waals surface area (Å²) in [6.45, 7) is 3.19. The predicted molar refractivity (Wildman–Crippen MR) is 97.6 cm³/mol. The highest BCUT2D eigenvalue weighted by atomic mass is 32.1. The molecule has 3 aliphatic heterocycles. The van der Waals surface area contributed by atoms with E-state index in [2.05, 4.69) is 17.0 Å². The van der Waals surface area contributed by atoms with Crippen molar-refractivity contribution >= 4 is 23.1 Å². The first kappa shape index (κ1) is 15.7. The average Bonchev–Trinajstić information content (AvgIpc) is 3.12. The van der Waals surface area contributed by atoms with Crippen molar-refractivity contribution in [3.8, 4) is 10.4 Å². The van der Waals surface area contributed by atoms with E-state index < -0.39 is 0 Å². The van der Waals surface area contributed by atoms with Gasteiger partial charge in [-0.2, -0.15) is 0 Å². The van der Waals surface area contributed by atoms with Crippen LogP contribution in [0.15, 0.2) is 41.8 Å². The molecule has 3 fully saturated rings. The molecule has 2 bridgehead atoms. The Labute approximate surface area is 146 Å². The maximum absolute atomic E-state index is 12.7. The number of thiophene rings is 1. The van der Waals surface area contributed by atoms with Gasteiger partial charge in [-0.1, -0.05) is 30.3 Å². The van der Waals surface area contributed by atoms with Gasteiger partial charge in [0.15, 0.2) is 0 Å². The van der Waals surface area contributed by atoms with Gasteiger partial charge < -0.3 is 4.74 Å². The summed E-state index contributed by atoms with van der Waals surface area (Å²) < 4.78 is 5.85. The second kappa shape index (κ2) is 6.57. The average molecular weight is 342 g/mol. The molecule has 0 unspecified atom stereocenters. The lowest BCUT2D eigenvalue weighted by molar-refractivity contribution is -0.0307. The molecule has 1 aromatic heterocycles. The van der Waals surface area contributed by atoms with E-state index in [0.717, 1.165) is 48.6 Å². The minimum atomic E-state index is -0.246. The van der Waals surface area contributed by atoms with E-state index in [1.165, 1.54) is 0 Å². The minimum Gasteiger partial charge on any atom is -0.444 e. The van der Waals surface area contributed by atoms with Crippen molar-refractivity contribution in [2.24, 2.45) is 5.92 Å². The maximum atomic E-state index is 12.7. The summed E-state index contributed by atoms with van der Waals surface area (Å²) in [4.78, 5) is 17.8. The van der Waals surface area contributed by atoms with Gasteiger partial charge in [0, 0.05) is 13.6 Å². The Morgan fingerprint density at radius 1 is 1.21 bits per heavy atom. The van der Waals surface area contributed by atoms with E-state index in [4.69, 9.17) is 4.74 Å². The first-order chi connectivity index (χ1) is 11.7. The third-order valence-corrected chi connectivity index (χ3v) is 6.12. The van der Waals surface area contributed by atoms with Crippen LogP contribution in [0.25, 0.3) is 10.4 Å². The third kappa shape index (κ3) is 2.94. The number of rotatable bonds is 3. The monoisotopic (exact) mass is 342 g/mol. The second-order valence-electron chi connectivity index (χ2n) is 6.62. The van der Waals surface area contributed by atoms with Crippen molar-refractivity contribution in [3.05, 3.63) is 41.8 Å². The molecule has 4 heterocycles. The number of carbonyl (C=O) groups excluding carboxylic acids is 1. The van der Waals surface area contributed by atoms with Crippen LogP contribution in [-0.2, 0) is 4.74 Å². The summed E-state index contributed by atoms with van der Waals surface area (Å²) in [6, 6.07) is 12.2. The Morgan fingerprint density at radius 2 is 1.96 bits per heavy atom. The molecular weight excluding hydrogens is 320 g/mol. The van der Waals surface area contributed by atoms with Crippen molar-refractivity contribution in [1.29, 1.82) is 0 Å². The summed E-state index contributed by atoms with van der Waals surface area (Å²) in [7, 11) is 1.80. The van der Waals surface area contributed by atoms with Crippen molar-refractivity contribution < 1.29 is 9.53 Å². The number of carbonyl (C=O) groups is 1. The van der Waals surface area contributed by atoms with E-state index >= 15 is 0 Å². The first-order valence-corrected chi connectivity index (χ1v) is 9.40.